The van der Waals surface area contributed by atoms with Gasteiger partial charge in [-0.25, -0.2) is 0 Å². The molecule has 0 aliphatic carbocycles. The minimum atomic E-state index is 0.401. The molecule has 19 heavy (non-hydrogen) atoms. The summed E-state index contributed by atoms with van der Waals surface area (Å²) in [4.78, 5) is 6.89. The van der Waals surface area contributed by atoms with Crippen molar-refractivity contribution in [3.05, 3.63) is 23.8 Å². The second kappa shape index (κ2) is 4.33. The van der Waals surface area contributed by atoms with Crippen LogP contribution < -0.4 is 14.8 Å². The zero-order chi connectivity index (χ0) is 12.7. The first-order chi connectivity index (χ1) is 9.42. The van der Waals surface area contributed by atoms with Crippen molar-refractivity contribution in [1.29, 1.82) is 0 Å². The number of ether oxygens (including phenoxy) is 2. The van der Waals surface area contributed by atoms with Gasteiger partial charge in [0.05, 0.1) is 6.04 Å². The highest BCUT2D eigenvalue weighted by Crippen LogP contribution is 2.36. The maximum absolute atomic E-state index is 5.68. The smallest absolute Gasteiger partial charge is 0.194 e. The Bertz CT molecular complexity index is 529. The quantitative estimate of drug-likeness (QED) is 0.822. The fourth-order valence-electron chi connectivity index (χ4n) is 3.01. The molecule has 3 heterocycles. The molecule has 4 rings (SSSR count). The van der Waals surface area contributed by atoms with E-state index in [1.54, 1.807) is 0 Å². The maximum Gasteiger partial charge on any atom is 0.194 e. The number of guanidine groups is 1. The molecule has 1 fully saturated rings. The number of hydrogen-bond acceptors (Lipinski definition) is 5. The third-order valence-electron chi connectivity index (χ3n) is 3.90. The van der Waals surface area contributed by atoms with E-state index in [4.69, 9.17) is 9.47 Å². The third kappa shape index (κ3) is 1.80. The van der Waals surface area contributed by atoms with Crippen molar-refractivity contribution < 1.29 is 9.47 Å². The lowest BCUT2D eigenvalue weighted by atomic mass is 10.0. The average molecular weight is 259 g/mol. The van der Waals surface area contributed by atoms with Gasteiger partial charge < -0.3 is 19.7 Å². The first-order valence-corrected chi connectivity index (χ1v) is 6.86. The van der Waals surface area contributed by atoms with Crippen molar-refractivity contribution in [3.8, 4) is 11.5 Å². The molecule has 3 aliphatic heterocycles. The van der Waals surface area contributed by atoms with E-state index >= 15 is 0 Å². The zero-order valence-corrected chi connectivity index (χ0v) is 10.8. The summed E-state index contributed by atoms with van der Waals surface area (Å²) in [6.07, 6.45) is 1.06. The van der Waals surface area contributed by atoms with E-state index in [0.717, 1.165) is 43.5 Å². The van der Waals surface area contributed by atoms with Crippen LogP contribution in [0.25, 0.3) is 0 Å². The normalized spacial score (nSPS) is 24.5. The van der Waals surface area contributed by atoms with Crippen LogP contribution in [-0.2, 0) is 0 Å². The van der Waals surface area contributed by atoms with Crippen LogP contribution in [0.15, 0.2) is 23.2 Å². The largest absolute Gasteiger partial charge is 0.486 e. The van der Waals surface area contributed by atoms with Gasteiger partial charge >= 0.3 is 0 Å². The van der Waals surface area contributed by atoms with Gasteiger partial charge in [-0.2, -0.15) is 0 Å². The Balaban J connectivity index is 1.67. The Morgan fingerprint density at radius 1 is 1.21 bits per heavy atom. The summed E-state index contributed by atoms with van der Waals surface area (Å²) in [6.45, 7) is 4.18. The van der Waals surface area contributed by atoms with Crippen LogP contribution in [0.1, 0.15) is 18.0 Å². The fourth-order valence-corrected chi connectivity index (χ4v) is 3.01. The molecule has 5 heteroatoms. The number of hydrogen-bond donors (Lipinski definition) is 1. The van der Waals surface area contributed by atoms with Gasteiger partial charge in [0.15, 0.2) is 17.5 Å². The van der Waals surface area contributed by atoms with Gasteiger partial charge in [-0.1, -0.05) is 6.07 Å². The third-order valence-corrected chi connectivity index (χ3v) is 3.90. The molecule has 0 radical (unpaired) electrons. The predicted octanol–water partition coefficient (Wildman–Crippen LogP) is 1.16. The second-order valence-electron chi connectivity index (χ2n) is 5.03. The van der Waals surface area contributed by atoms with Crippen LogP contribution in [0.4, 0.5) is 0 Å². The molecular weight excluding hydrogens is 242 g/mol. The topological polar surface area (TPSA) is 46.1 Å². The van der Waals surface area contributed by atoms with Crippen molar-refractivity contribution >= 4 is 5.96 Å². The number of benzene rings is 1. The van der Waals surface area contributed by atoms with Crippen molar-refractivity contribution in [1.82, 2.24) is 10.2 Å². The molecule has 1 aromatic rings. The Morgan fingerprint density at radius 3 is 3.05 bits per heavy atom. The molecule has 1 aromatic carbocycles. The van der Waals surface area contributed by atoms with Crippen molar-refractivity contribution in [2.45, 2.75) is 12.5 Å². The van der Waals surface area contributed by atoms with E-state index in [1.165, 1.54) is 5.56 Å². The summed E-state index contributed by atoms with van der Waals surface area (Å²) in [5, 5.41) is 3.34. The number of fused-ring (bicyclic) bond motifs is 2. The predicted molar refractivity (Wildman–Crippen MR) is 71.8 cm³/mol. The summed E-state index contributed by atoms with van der Waals surface area (Å²) in [7, 11) is 0. The second-order valence-corrected chi connectivity index (χ2v) is 5.03. The molecule has 0 bridgehead atoms. The van der Waals surface area contributed by atoms with Crippen LogP contribution in [0.3, 0.4) is 0 Å². The van der Waals surface area contributed by atoms with Crippen molar-refractivity contribution in [3.63, 3.8) is 0 Å². The van der Waals surface area contributed by atoms with Gasteiger partial charge in [0.25, 0.3) is 0 Å². The minimum absolute atomic E-state index is 0.401. The molecule has 0 amide bonds. The summed E-state index contributed by atoms with van der Waals surface area (Å²) in [5.41, 5.74) is 1.29. The van der Waals surface area contributed by atoms with Crippen LogP contribution in [0.2, 0.25) is 0 Å². The first-order valence-electron chi connectivity index (χ1n) is 6.86. The summed E-state index contributed by atoms with van der Waals surface area (Å²) in [5.74, 6) is 2.78. The van der Waals surface area contributed by atoms with Crippen LogP contribution in [0.5, 0.6) is 11.5 Å². The highest BCUT2D eigenvalue weighted by Gasteiger charge is 2.30. The van der Waals surface area contributed by atoms with Gasteiger partial charge in [0.1, 0.15) is 13.2 Å². The van der Waals surface area contributed by atoms with Gasteiger partial charge in [-0.3, -0.25) is 4.99 Å². The molecule has 1 unspecified atom stereocenters. The maximum atomic E-state index is 5.68. The number of rotatable bonds is 1. The Labute approximate surface area is 112 Å². The van der Waals surface area contributed by atoms with E-state index in [2.05, 4.69) is 27.3 Å². The van der Waals surface area contributed by atoms with Gasteiger partial charge in [0, 0.05) is 19.6 Å². The van der Waals surface area contributed by atoms with E-state index in [-0.39, 0.29) is 0 Å². The molecular formula is C14H17N3O2. The van der Waals surface area contributed by atoms with E-state index in [0.29, 0.717) is 19.3 Å². The van der Waals surface area contributed by atoms with E-state index in [1.807, 2.05) is 6.07 Å². The van der Waals surface area contributed by atoms with Gasteiger partial charge in [-0.05, 0) is 24.1 Å². The molecule has 100 valence electrons. The Hall–Kier alpha value is -1.91. The van der Waals surface area contributed by atoms with Crippen LogP contribution >= 0.6 is 0 Å². The van der Waals surface area contributed by atoms with Gasteiger partial charge in [-0.15, -0.1) is 0 Å². The monoisotopic (exact) mass is 259 g/mol. The molecule has 5 nitrogen and oxygen atoms in total. The summed E-state index contributed by atoms with van der Waals surface area (Å²) >= 11 is 0. The molecule has 3 aliphatic rings. The molecule has 1 N–H and O–H groups in total. The van der Waals surface area contributed by atoms with E-state index < -0.39 is 0 Å². The standard InChI is InChI=1S/C14H17N3O2/c1-2-12-13(19-8-7-18-12)9-10(1)11-3-4-15-14-16-5-6-17(11)14/h1-2,9,11H,3-8H2,(H,15,16). The molecule has 0 aromatic heterocycles. The average Bonchev–Trinajstić information content (AvgIpc) is 2.95. The highest BCUT2D eigenvalue weighted by atomic mass is 16.6. The molecule has 0 saturated carbocycles. The lowest BCUT2D eigenvalue weighted by Gasteiger charge is -2.32. The van der Waals surface area contributed by atoms with Crippen molar-refractivity contribution in [2.75, 3.05) is 32.8 Å². The molecule has 1 saturated heterocycles. The summed E-state index contributed by atoms with van der Waals surface area (Å²) in [6, 6.07) is 6.71. The SMILES string of the molecule is c1cc2c(cc1C1CCN=C3NCCN31)OCCO2. The number of nitrogens with one attached hydrogen (secondary N) is 1. The minimum Gasteiger partial charge on any atom is -0.486 e. The van der Waals surface area contributed by atoms with Crippen LogP contribution in [-0.4, -0.2) is 43.7 Å². The van der Waals surface area contributed by atoms with Gasteiger partial charge in [0.2, 0.25) is 0 Å². The fraction of sp³-hybridized carbons (Fsp3) is 0.500. The van der Waals surface area contributed by atoms with E-state index in [9.17, 15) is 0 Å². The molecule has 0 spiro atoms. The van der Waals surface area contributed by atoms with Crippen LogP contribution in [0, 0.1) is 0 Å². The molecule has 1 atom stereocenters. The van der Waals surface area contributed by atoms with Crippen molar-refractivity contribution in [2.24, 2.45) is 4.99 Å². The number of nitrogens with zero attached hydrogens (tertiary/aromatic N) is 2. The number of aliphatic imine (C=N–C) groups is 1. The first kappa shape index (κ1) is 11.0. The zero-order valence-electron chi connectivity index (χ0n) is 10.8. The highest BCUT2D eigenvalue weighted by molar-refractivity contribution is 5.83. The lowest BCUT2D eigenvalue weighted by molar-refractivity contribution is 0.171. The summed E-state index contributed by atoms with van der Waals surface area (Å²) < 4.78 is 11.3. The Kier molecular flexibility index (Phi) is 2.50. The Morgan fingerprint density at radius 2 is 2.11 bits per heavy atom. The lowest BCUT2D eigenvalue weighted by Crippen LogP contribution is -2.37.